The Morgan fingerprint density at radius 2 is 1.54 bits per heavy atom. The molecule has 0 bridgehead atoms. The lowest BCUT2D eigenvalue weighted by atomic mass is 10.0. The number of rotatable bonds is 13. The number of para-hydroxylation sites is 1. The summed E-state index contributed by atoms with van der Waals surface area (Å²) >= 11 is 0. The molecule has 0 radical (unpaired) electrons. The van der Waals surface area contributed by atoms with E-state index >= 15 is 0 Å². The van der Waals surface area contributed by atoms with Crippen molar-refractivity contribution in [1.29, 1.82) is 0 Å². The number of nitrogens with one attached hydrogen (secondary N) is 1. The summed E-state index contributed by atoms with van der Waals surface area (Å²) in [4.78, 5) is 29.4. The molecule has 220 valence electrons. The summed E-state index contributed by atoms with van der Waals surface area (Å²) in [7, 11) is -1.64. The highest BCUT2D eigenvalue weighted by Gasteiger charge is 2.35. The second kappa shape index (κ2) is 14.2. The first-order chi connectivity index (χ1) is 19.4. The number of carbonyl (C=O) groups excluding carboxylic acids is 2. The fraction of sp³-hybridized carbons (Fsp3) is 0.355. The molecule has 0 saturated heterocycles. The Bertz CT molecular complexity index is 1430. The molecular weight excluding hydrogens is 543 g/mol. The monoisotopic (exact) mass is 582 g/mol. The number of nitrogens with zero attached hydrogens (tertiary/aromatic N) is 3. The van der Waals surface area contributed by atoms with Crippen molar-refractivity contribution in [3.8, 4) is 0 Å². The van der Waals surface area contributed by atoms with Gasteiger partial charge >= 0.3 is 10.2 Å². The van der Waals surface area contributed by atoms with Crippen LogP contribution in [0.1, 0.15) is 37.0 Å². The average molecular weight is 583 g/mol. The molecule has 3 aromatic rings. The summed E-state index contributed by atoms with van der Waals surface area (Å²) < 4.78 is 43.3. The van der Waals surface area contributed by atoms with E-state index < -0.39 is 34.5 Å². The van der Waals surface area contributed by atoms with Gasteiger partial charge in [-0.15, -0.1) is 0 Å². The van der Waals surface area contributed by atoms with Gasteiger partial charge < -0.3 is 10.2 Å². The molecule has 2 amide bonds. The Hall–Kier alpha value is -3.76. The van der Waals surface area contributed by atoms with Crippen LogP contribution < -0.4 is 9.62 Å². The van der Waals surface area contributed by atoms with Crippen LogP contribution in [-0.2, 0) is 32.8 Å². The third kappa shape index (κ3) is 8.14. The number of amides is 2. The maximum Gasteiger partial charge on any atom is 0.304 e. The Balaban J connectivity index is 2.12. The summed E-state index contributed by atoms with van der Waals surface area (Å²) in [6.07, 6.45) is 0.901. The molecule has 0 aliphatic rings. The van der Waals surface area contributed by atoms with Crippen molar-refractivity contribution < 1.29 is 22.4 Å². The number of carbonyl (C=O) groups is 2. The number of hydrogen-bond acceptors (Lipinski definition) is 4. The second-order valence-electron chi connectivity index (χ2n) is 10.2. The molecule has 0 aromatic heterocycles. The molecule has 8 nitrogen and oxygen atoms in total. The van der Waals surface area contributed by atoms with E-state index in [4.69, 9.17) is 0 Å². The van der Waals surface area contributed by atoms with Gasteiger partial charge in [0, 0.05) is 33.1 Å². The molecule has 0 aliphatic carbocycles. The van der Waals surface area contributed by atoms with Gasteiger partial charge in [0.05, 0.1) is 5.69 Å². The van der Waals surface area contributed by atoms with Gasteiger partial charge in [-0.3, -0.25) is 9.59 Å². The second-order valence-corrected chi connectivity index (χ2v) is 12.3. The summed E-state index contributed by atoms with van der Waals surface area (Å²) in [6.45, 7) is 5.10. The van der Waals surface area contributed by atoms with Crippen LogP contribution in [0.25, 0.3) is 0 Å². The van der Waals surface area contributed by atoms with Gasteiger partial charge in [-0.1, -0.05) is 73.7 Å². The number of aryl methyl sites for hydroxylation is 1. The molecule has 3 rings (SSSR count). The van der Waals surface area contributed by atoms with Gasteiger partial charge in [0.1, 0.15) is 18.4 Å². The minimum Gasteiger partial charge on any atom is -0.352 e. The minimum absolute atomic E-state index is 0.0596. The Morgan fingerprint density at radius 1 is 0.927 bits per heavy atom. The number of anilines is 1. The molecule has 0 saturated carbocycles. The van der Waals surface area contributed by atoms with Crippen LogP contribution >= 0.6 is 0 Å². The maximum atomic E-state index is 14.9. The molecule has 0 unspecified atom stereocenters. The van der Waals surface area contributed by atoms with E-state index in [9.17, 15) is 22.4 Å². The lowest BCUT2D eigenvalue weighted by molar-refractivity contribution is -0.140. The summed E-state index contributed by atoms with van der Waals surface area (Å²) in [5.41, 5.74) is 2.31. The van der Waals surface area contributed by atoms with Crippen LogP contribution in [0.5, 0.6) is 0 Å². The van der Waals surface area contributed by atoms with Crippen molar-refractivity contribution in [2.75, 3.05) is 24.9 Å². The van der Waals surface area contributed by atoms with E-state index in [1.807, 2.05) is 75.4 Å². The molecule has 0 spiro atoms. The highest BCUT2D eigenvalue weighted by Crippen LogP contribution is 2.25. The summed E-state index contributed by atoms with van der Waals surface area (Å²) in [6, 6.07) is 21.1. The molecule has 41 heavy (non-hydrogen) atoms. The van der Waals surface area contributed by atoms with Gasteiger partial charge in [0.15, 0.2) is 0 Å². The number of benzene rings is 3. The van der Waals surface area contributed by atoms with Crippen molar-refractivity contribution in [2.24, 2.45) is 0 Å². The topological polar surface area (TPSA) is 90.0 Å². The van der Waals surface area contributed by atoms with E-state index in [0.29, 0.717) is 6.42 Å². The zero-order valence-corrected chi connectivity index (χ0v) is 25.1. The predicted molar refractivity (Wildman–Crippen MR) is 160 cm³/mol. The molecule has 2 atom stereocenters. The van der Waals surface area contributed by atoms with Crippen LogP contribution in [0.4, 0.5) is 10.1 Å². The van der Waals surface area contributed by atoms with Crippen LogP contribution in [0.3, 0.4) is 0 Å². The lowest BCUT2D eigenvalue weighted by Gasteiger charge is -2.35. The number of hydrogen-bond donors (Lipinski definition) is 1. The van der Waals surface area contributed by atoms with Crippen molar-refractivity contribution in [2.45, 2.75) is 52.2 Å². The van der Waals surface area contributed by atoms with E-state index in [1.54, 1.807) is 0 Å². The smallest absolute Gasteiger partial charge is 0.304 e. The molecular formula is C31H39FN4O4S. The summed E-state index contributed by atoms with van der Waals surface area (Å²) in [5, 5.41) is 3.00. The van der Waals surface area contributed by atoms with Gasteiger partial charge in [0.25, 0.3) is 0 Å². The normalized spacial score (nSPS) is 13.0. The van der Waals surface area contributed by atoms with Gasteiger partial charge in [-0.2, -0.15) is 12.7 Å². The third-order valence-electron chi connectivity index (χ3n) is 7.01. The quantitative estimate of drug-likeness (QED) is 0.326. The van der Waals surface area contributed by atoms with Gasteiger partial charge in [0.2, 0.25) is 11.8 Å². The largest absolute Gasteiger partial charge is 0.352 e. The van der Waals surface area contributed by atoms with E-state index in [-0.39, 0.29) is 30.6 Å². The van der Waals surface area contributed by atoms with Crippen LogP contribution in [0.2, 0.25) is 0 Å². The van der Waals surface area contributed by atoms with Crippen LogP contribution in [0.15, 0.2) is 78.9 Å². The Morgan fingerprint density at radius 3 is 2.15 bits per heavy atom. The first-order valence-corrected chi connectivity index (χ1v) is 15.0. The molecule has 1 N–H and O–H groups in total. The highest BCUT2D eigenvalue weighted by molar-refractivity contribution is 7.90. The average Bonchev–Trinajstić information content (AvgIpc) is 2.95. The van der Waals surface area contributed by atoms with Crippen molar-refractivity contribution >= 4 is 27.7 Å². The van der Waals surface area contributed by atoms with E-state index in [0.717, 1.165) is 31.4 Å². The molecule has 0 heterocycles. The standard InChI is InChI=1S/C31H39FN4O4S/c1-6-24(3)33-31(38)29(20-25-15-8-7-9-16-25)35(21-26-17-11-10-14-23(26)2)30(37)22-36(41(39,40)34(4)5)28-19-13-12-18-27(28)32/h7-19,24,29H,6,20-22H2,1-5H3,(H,33,38)/t24-,29-/m0/s1. The Kier molecular flexibility index (Phi) is 11.0. The van der Waals surface area contributed by atoms with Crippen molar-refractivity contribution in [3.63, 3.8) is 0 Å². The van der Waals surface area contributed by atoms with Crippen LogP contribution in [-0.4, -0.2) is 62.2 Å². The summed E-state index contributed by atoms with van der Waals surface area (Å²) in [5.74, 6) is -1.77. The minimum atomic E-state index is -4.27. The zero-order chi connectivity index (χ0) is 30.2. The van der Waals surface area contributed by atoms with Gasteiger partial charge in [-0.05, 0) is 49.1 Å². The molecule has 3 aromatic carbocycles. The third-order valence-corrected chi connectivity index (χ3v) is 8.82. The zero-order valence-electron chi connectivity index (χ0n) is 24.2. The first kappa shape index (κ1) is 31.8. The lowest BCUT2D eigenvalue weighted by Crippen LogP contribution is -2.55. The van der Waals surface area contributed by atoms with Crippen LogP contribution in [0, 0.1) is 12.7 Å². The number of halogens is 1. The SMILES string of the molecule is CC[C@H](C)NC(=O)[C@H](Cc1ccccc1)N(Cc1ccccc1C)C(=O)CN(c1ccccc1F)S(=O)(=O)N(C)C. The first-order valence-electron chi connectivity index (χ1n) is 13.6. The fourth-order valence-electron chi connectivity index (χ4n) is 4.32. The van der Waals surface area contributed by atoms with E-state index in [2.05, 4.69) is 5.32 Å². The molecule has 10 heteroatoms. The molecule has 0 fully saturated rings. The molecule has 0 aliphatic heterocycles. The predicted octanol–water partition coefficient (Wildman–Crippen LogP) is 4.30. The maximum absolute atomic E-state index is 14.9. The van der Waals surface area contributed by atoms with Gasteiger partial charge in [-0.25, -0.2) is 8.70 Å². The van der Waals surface area contributed by atoms with E-state index in [1.165, 1.54) is 37.2 Å². The van der Waals surface area contributed by atoms with Crippen molar-refractivity contribution in [3.05, 3.63) is 101 Å². The highest BCUT2D eigenvalue weighted by atomic mass is 32.2. The van der Waals surface area contributed by atoms with Crippen molar-refractivity contribution in [1.82, 2.24) is 14.5 Å². The Labute approximate surface area is 243 Å². The fourth-order valence-corrected chi connectivity index (χ4v) is 5.39.